The van der Waals surface area contributed by atoms with Crippen LogP contribution in [-0.4, -0.2) is 30.6 Å². The molecule has 0 bridgehead atoms. The summed E-state index contributed by atoms with van der Waals surface area (Å²) in [4.78, 5) is 28.7. The molecule has 1 amide bonds. The van der Waals surface area contributed by atoms with Crippen molar-refractivity contribution in [3.8, 4) is 17.0 Å². The zero-order chi connectivity index (χ0) is 20.1. The van der Waals surface area contributed by atoms with E-state index in [1.807, 2.05) is 35.7 Å². The third kappa shape index (κ3) is 4.59. The number of halogens is 1. The quantitative estimate of drug-likeness (QED) is 0.466. The summed E-state index contributed by atoms with van der Waals surface area (Å²) in [5, 5.41) is 5.03. The number of esters is 1. The summed E-state index contributed by atoms with van der Waals surface area (Å²) in [6.07, 6.45) is 0. The normalized spacial score (nSPS) is 10.4. The Morgan fingerprint density at radius 1 is 1.25 bits per heavy atom. The van der Waals surface area contributed by atoms with Crippen molar-refractivity contribution in [3.63, 3.8) is 0 Å². The lowest BCUT2D eigenvalue weighted by Crippen LogP contribution is -2.21. The Hall–Kier alpha value is -3.10. The van der Waals surface area contributed by atoms with Crippen molar-refractivity contribution >= 4 is 45.6 Å². The highest BCUT2D eigenvalue weighted by molar-refractivity contribution is 7.14. The Morgan fingerprint density at radius 3 is 2.71 bits per heavy atom. The number of nitrogens with two attached hydrogens (primary N) is 1. The number of rotatable bonds is 6. The van der Waals surface area contributed by atoms with Crippen LogP contribution in [0.4, 0.5) is 10.8 Å². The second kappa shape index (κ2) is 8.73. The van der Waals surface area contributed by atoms with Gasteiger partial charge in [0.05, 0.1) is 23.5 Å². The second-order valence-electron chi connectivity index (χ2n) is 5.60. The number of hydrogen-bond acceptors (Lipinski definition) is 7. The van der Waals surface area contributed by atoms with Crippen LogP contribution in [0, 0.1) is 0 Å². The van der Waals surface area contributed by atoms with Crippen molar-refractivity contribution < 1.29 is 19.1 Å². The van der Waals surface area contributed by atoms with Crippen molar-refractivity contribution in [2.45, 2.75) is 0 Å². The fraction of sp³-hybridized carbons (Fsp3) is 0.105. The van der Waals surface area contributed by atoms with Gasteiger partial charge >= 0.3 is 5.97 Å². The maximum absolute atomic E-state index is 12.2. The molecule has 0 saturated heterocycles. The van der Waals surface area contributed by atoms with Crippen molar-refractivity contribution in [1.29, 1.82) is 0 Å². The van der Waals surface area contributed by atoms with Crippen molar-refractivity contribution in [1.82, 2.24) is 4.98 Å². The Morgan fingerprint density at radius 2 is 2.00 bits per heavy atom. The summed E-state index contributed by atoms with van der Waals surface area (Å²) in [5.41, 5.74) is 7.72. The predicted octanol–water partition coefficient (Wildman–Crippen LogP) is 3.85. The molecule has 0 aliphatic rings. The number of amides is 1. The van der Waals surface area contributed by atoms with Crippen LogP contribution in [0.15, 0.2) is 47.8 Å². The molecule has 1 heterocycles. The molecule has 2 aromatic carbocycles. The number of methoxy groups -OCH3 is 1. The van der Waals surface area contributed by atoms with Gasteiger partial charge in [0.15, 0.2) is 11.7 Å². The van der Waals surface area contributed by atoms with Crippen LogP contribution in [0.5, 0.6) is 5.75 Å². The minimum Gasteiger partial charge on any atom is -0.496 e. The lowest BCUT2D eigenvalue weighted by atomic mass is 10.2. The van der Waals surface area contributed by atoms with Crippen LogP contribution in [0.1, 0.15) is 10.4 Å². The molecule has 0 radical (unpaired) electrons. The molecule has 0 fully saturated rings. The summed E-state index contributed by atoms with van der Waals surface area (Å²) in [7, 11) is 1.39. The molecule has 0 aliphatic heterocycles. The first-order valence-electron chi connectivity index (χ1n) is 8.09. The van der Waals surface area contributed by atoms with Gasteiger partial charge in [0, 0.05) is 17.0 Å². The third-order valence-corrected chi connectivity index (χ3v) is 4.78. The number of thiazole rings is 1. The minimum absolute atomic E-state index is 0.0788. The van der Waals surface area contributed by atoms with Crippen LogP contribution in [-0.2, 0) is 9.53 Å². The number of nitrogens with zero attached hydrogens (tertiary/aromatic N) is 1. The minimum atomic E-state index is -0.752. The van der Waals surface area contributed by atoms with Gasteiger partial charge in [-0.05, 0) is 6.07 Å². The molecule has 0 aliphatic carbocycles. The SMILES string of the molecule is COc1cc(N)c(Cl)cc1C(=O)OCC(=O)Nc1nc(-c2ccccc2)cs1. The maximum Gasteiger partial charge on any atom is 0.342 e. The molecule has 0 atom stereocenters. The van der Waals surface area contributed by atoms with Gasteiger partial charge in [-0.3, -0.25) is 10.1 Å². The average Bonchev–Trinajstić information content (AvgIpc) is 3.17. The zero-order valence-electron chi connectivity index (χ0n) is 14.8. The van der Waals surface area contributed by atoms with Crippen LogP contribution < -0.4 is 15.8 Å². The smallest absolute Gasteiger partial charge is 0.342 e. The number of benzene rings is 2. The van der Waals surface area contributed by atoms with Crippen molar-refractivity contribution in [3.05, 3.63) is 58.4 Å². The van der Waals surface area contributed by atoms with Crippen LogP contribution >= 0.6 is 22.9 Å². The Bertz CT molecular complexity index is 1010. The van der Waals surface area contributed by atoms with Crippen molar-refractivity contribution in [2.75, 3.05) is 24.8 Å². The molecule has 144 valence electrons. The predicted molar refractivity (Wildman–Crippen MR) is 109 cm³/mol. The Kier molecular flexibility index (Phi) is 6.13. The van der Waals surface area contributed by atoms with E-state index in [9.17, 15) is 9.59 Å². The van der Waals surface area contributed by atoms with E-state index in [1.165, 1.54) is 30.6 Å². The summed E-state index contributed by atoms with van der Waals surface area (Å²) in [6.45, 7) is -0.482. The lowest BCUT2D eigenvalue weighted by molar-refractivity contribution is -0.119. The largest absolute Gasteiger partial charge is 0.496 e. The number of nitrogen functional groups attached to an aromatic ring is 1. The van der Waals surface area contributed by atoms with Crippen LogP contribution in [0.3, 0.4) is 0 Å². The Labute approximate surface area is 170 Å². The first-order chi connectivity index (χ1) is 13.5. The van der Waals surface area contributed by atoms with Crippen LogP contribution in [0.25, 0.3) is 11.3 Å². The molecule has 7 nitrogen and oxygen atoms in total. The standard InChI is InChI=1S/C19H16ClN3O4S/c1-26-16-8-14(21)13(20)7-12(16)18(25)27-9-17(24)23-19-22-15(10-28-19)11-5-3-2-4-6-11/h2-8,10H,9,21H2,1H3,(H,22,23,24). The molecule has 0 saturated carbocycles. The molecule has 0 spiro atoms. The number of nitrogens with one attached hydrogen (secondary N) is 1. The monoisotopic (exact) mass is 417 g/mol. The number of carbonyl (C=O) groups is 2. The number of carbonyl (C=O) groups excluding carboxylic acids is 2. The van der Waals surface area contributed by atoms with Gasteiger partial charge in [-0.1, -0.05) is 41.9 Å². The molecular formula is C19H16ClN3O4S. The molecule has 3 N–H and O–H groups in total. The van der Waals surface area contributed by atoms with E-state index in [4.69, 9.17) is 26.8 Å². The topological polar surface area (TPSA) is 104 Å². The van der Waals surface area contributed by atoms with E-state index in [-0.39, 0.29) is 22.0 Å². The molecule has 1 aromatic heterocycles. The summed E-state index contributed by atoms with van der Waals surface area (Å²) >= 11 is 7.21. The third-order valence-electron chi connectivity index (χ3n) is 3.69. The number of hydrogen-bond donors (Lipinski definition) is 2. The fourth-order valence-corrected chi connectivity index (χ4v) is 3.23. The van der Waals surface area contributed by atoms with E-state index in [0.717, 1.165) is 11.3 Å². The molecular weight excluding hydrogens is 402 g/mol. The molecule has 0 unspecified atom stereocenters. The van der Waals surface area contributed by atoms with Gasteiger partial charge in [-0.15, -0.1) is 11.3 Å². The highest BCUT2D eigenvalue weighted by Gasteiger charge is 2.18. The van der Waals surface area contributed by atoms with Gasteiger partial charge < -0.3 is 15.2 Å². The van der Waals surface area contributed by atoms with E-state index in [0.29, 0.717) is 5.13 Å². The summed E-state index contributed by atoms with van der Waals surface area (Å²) in [5.74, 6) is -1.06. The van der Waals surface area contributed by atoms with E-state index < -0.39 is 18.5 Å². The summed E-state index contributed by atoms with van der Waals surface area (Å²) < 4.78 is 10.1. The molecule has 9 heteroatoms. The highest BCUT2D eigenvalue weighted by Crippen LogP contribution is 2.29. The highest BCUT2D eigenvalue weighted by atomic mass is 35.5. The first-order valence-corrected chi connectivity index (χ1v) is 9.34. The average molecular weight is 418 g/mol. The number of ether oxygens (including phenoxy) is 2. The van der Waals surface area contributed by atoms with Gasteiger partial charge in [0.25, 0.3) is 5.91 Å². The first kappa shape index (κ1) is 19.7. The van der Waals surface area contributed by atoms with Gasteiger partial charge in [0.2, 0.25) is 0 Å². The van der Waals surface area contributed by atoms with E-state index >= 15 is 0 Å². The zero-order valence-corrected chi connectivity index (χ0v) is 16.3. The van der Waals surface area contributed by atoms with E-state index in [2.05, 4.69) is 10.3 Å². The molecule has 3 aromatic rings. The van der Waals surface area contributed by atoms with Gasteiger partial charge in [0.1, 0.15) is 11.3 Å². The molecule has 3 rings (SSSR count). The second-order valence-corrected chi connectivity index (χ2v) is 6.87. The lowest BCUT2D eigenvalue weighted by Gasteiger charge is -2.10. The van der Waals surface area contributed by atoms with Gasteiger partial charge in [-0.25, -0.2) is 9.78 Å². The summed E-state index contributed by atoms with van der Waals surface area (Å²) in [6, 6.07) is 12.3. The van der Waals surface area contributed by atoms with Crippen LogP contribution in [0.2, 0.25) is 5.02 Å². The van der Waals surface area contributed by atoms with Gasteiger partial charge in [-0.2, -0.15) is 0 Å². The number of aromatic nitrogens is 1. The fourth-order valence-electron chi connectivity index (χ4n) is 2.33. The molecule has 28 heavy (non-hydrogen) atoms. The van der Waals surface area contributed by atoms with E-state index in [1.54, 1.807) is 0 Å². The number of anilines is 2. The van der Waals surface area contributed by atoms with Crippen molar-refractivity contribution in [2.24, 2.45) is 0 Å². The Balaban J connectivity index is 1.60. The maximum atomic E-state index is 12.2.